The van der Waals surface area contributed by atoms with E-state index in [1.54, 1.807) is 0 Å². The van der Waals surface area contributed by atoms with Gasteiger partial charge in [-0.3, -0.25) is 14.8 Å². The van der Waals surface area contributed by atoms with Crippen LogP contribution < -0.4 is 5.32 Å². The first-order valence-corrected chi connectivity index (χ1v) is 8.25. The van der Waals surface area contributed by atoms with Crippen molar-refractivity contribution >= 4 is 17.7 Å². The van der Waals surface area contributed by atoms with E-state index in [9.17, 15) is 4.79 Å². The van der Waals surface area contributed by atoms with Crippen LogP contribution in [0.4, 0.5) is 0 Å². The molecule has 21 heavy (non-hydrogen) atoms. The van der Waals surface area contributed by atoms with Gasteiger partial charge in [-0.25, -0.2) is 4.98 Å². The van der Waals surface area contributed by atoms with Gasteiger partial charge in [0.15, 0.2) is 0 Å². The summed E-state index contributed by atoms with van der Waals surface area (Å²) < 4.78 is 5.67. The maximum absolute atomic E-state index is 12.0. The molecule has 0 radical (unpaired) electrons. The number of aromatic amines is 1. The molecule has 7 nitrogen and oxygen atoms in total. The highest BCUT2D eigenvalue weighted by Gasteiger charge is 2.36. The summed E-state index contributed by atoms with van der Waals surface area (Å²) in [4.78, 5) is 18.6. The van der Waals surface area contributed by atoms with E-state index in [0.29, 0.717) is 23.1 Å². The van der Waals surface area contributed by atoms with Crippen LogP contribution in [0.5, 0.6) is 0 Å². The Bertz CT molecular complexity index is 509. The van der Waals surface area contributed by atoms with Gasteiger partial charge < -0.3 is 10.1 Å². The van der Waals surface area contributed by atoms with E-state index in [-0.39, 0.29) is 11.9 Å². The highest BCUT2D eigenvalue weighted by atomic mass is 32.2. The second-order valence-electron chi connectivity index (χ2n) is 5.74. The average Bonchev–Trinajstić information content (AvgIpc) is 3.01. The summed E-state index contributed by atoms with van der Waals surface area (Å²) in [6, 6.07) is 0.681. The Balaban J connectivity index is 1.43. The molecular formula is C13H21N5O2S. The Morgan fingerprint density at radius 3 is 3.19 bits per heavy atom. The van der Waals surface area contributed by atoms with E-state index in [1.165, 1.54) is 11.8 Å². The highest BCUT2D eigenvalue weighted by molar-refractivity contribution is 7.99. The number of nitrogens with zero attached hydrogens (tertiary/aromatic N) is 3. The standard InChI is InChI=1S/C13H21N5O2S/c1-8-4-18-5-10(3-11(18)6-20-8)15-12(19)7-21-13-14-9(2)16-17-13/h8,10-11H,3-7H2,1-2H3,(H,15,19)(H,14,16,17)/t8-,10+,11-/m0/s1. The number of carbonyl (C=O) groups excluding carboxylic acids is 1. The van der Waals surface area contributed by atoms with Gasteiger partial charge in [0.05, 0.1) is 18.5 Å². The number of hydrogen-bond acceptors (Lipinski definition) is 6. The van der Waals surface area contributed by atoms with Crippen LogP contribution >= 0.6 is 11.8 Å². The molecule has 3 heterocycles. The van der Waals surface area contributed by atoms with Gasteiger partial charge in [-0.15, -0.1) is 5.10 Å². The largest absolute Gasteiger partial charge is 0.376 e. The number of amides is 1. The van der Waals surface area contributed by atoms with Crippen molar-refractivity contribution in [2.45, 2.75) is 43.6 Å². The Labute approximate surface area is 128 Å². The van der Waals surface area contributed by atoms with Gasteiger partial charge >= 0.3 is 0 Å². The molecule has 2 saturated heterocycles. The number of rotatable bonds is 4. The lowest BCUT2D eigenvalue weighted by molar-refractivity contribution is -0.119. The minimum atomic E-state index is 0.0428. The zero-order chi connectivity index (χ0) is 14.8. The zero-order valence-corrected chi connectivity index (χ0v) is 13.2. The number of H-pyrrole nitrogens is 1. The van der Waals surface area contributed by atoms with Gasteiger partial charge in [-0.2, -0.15) is 0 Å². The Morgan fingerprint density at radius 1 is 1.57 bits per heavy atom. The molecule has 2 N–H and O–H groups in total. The highest BCUT2D eigenvalue weighted by Crippen LogP contribution is 2.23. The topological polar surface area (TPSA) is 83.1 Å². The smallest absolute Gasteiger partial charge is 0.230 e. The van der Waals surface area contributed by atoms with Crippen molar-refractivity contribution in [3.8, 4) is 0 Å². The van der Waals surface area contributed by atoms with Crippen LogP contribution in [0.2, 0.25) is 0 Å². The third-order valence-corrected chi connectivity index (χ3v) is 4.71. The third kappa shape index (κ3) is 3.75. The number of nitrogens with one attached hydrogen (secondary N) is 2. The number of ether oxygens (including phenoxy) is 1. The van der Waals surface area contributed by atoms with Gasteiger partial charge in [-0.05, 0) is 20.3 Å². The lowest BCUT2D eigenvalue weighted by atomic mass is 10.1. The molecule has 1 aromatic rings. The minimum Gasteiger partial charge on any atom is -0.376 e. The van der Waals surface area contributed by atoms with Gasteiger partial charge in [-0.1, -0.05) is 11.8 Å². The summed E-state index contributed by atoms with van der Waals surface area (Å²) in [5, 5.41) is 10.5. The number of hydrogen-bond donors (Lipinski definition) is 2. The fraction of sp³-hybridized carbons (Fsp3) is 0.769. The number of aryl methyl sites for hydroxylation is 1. The molecule has 0 spiro atoms. The first kappa shape index (κ1) is 14.8. The molecule has 3 atom stereocenters. The summed E-state index contributed by atoms with van der Waals surface area (Å²) in [6.07, 6.45) is 1.27. The molecule has 116 valence electrons. The lowest BCUT2D eigenvalue weighted by Crippen LogP contribution is -2.45. The van der Waals surface area contributed by atoms with E-state index in [0.717, 1.165) is 31.9 Å². The van der Waals surface area contributed by atoms with E-state index in [1.807, 2.05) is 6.92 Å². The summed E-state index contributed by atoms with van der Waals surface area (Å²) in [5.74, 6) is 1.16. The first-order chi connectivity index (χ1) is 10.1. The quantitative estimate of drug-likeness (QED) is 0.772. The van der Waals surface area contributed by atoms with Crippen LogP contribution in [0.1, 0.15) is 19.2 Å². The molecule has 2 aliphatic heterocycles. The van der Waals surface area contributed by atoms with Gasteiger partial charge in [0, 0.05) is 25.2 Å². The fourth-order valence-electron chi connectivity index (χ4n) is 2.93. The molecule has 0 bridgehead atoms. The molecule has 2 aliphatic rings. The lowest BCUT2D eigenvalue weighted by Gasteiger charge is -2.33. The predicted octanol–water partition coefficient (Wildman–Crippen LogP) is 0.183. The van der Waals surface area contributed by atoms with E-state index < -0.39 is 0 Å². The van der Waals surface area contributed by atoms with E-state index in [4.69, 9.17) is 4.74 Å². The van der Waals surface area contributed by atoms with Gasteiger partial charge in [0.1, 0.15) is 5.82 Å². The summed E-state index contributed by atoms with van der Waals surface area (Å²) >= 11 is 1.35. The molecule has 0 saturated carbocycles. The van der Waals surface area contributed by atoms with Crippen molar-refractivity contribution in [3.05, 3.63) is 5.82 Å². The average molecular weight is 311 g/mol. The molecule has 1 amide bonds. The van der Waals surface area contributed by atoms with Crippen LogP contribution in [0.15, 0.2) is 5.16 Å². The summed E-state index contributed by atoms with van der Waals surface area (Å²) in [6.45, 7) is 6.60. The predicted molar refractivity (Wildman–Crippen MR) is 79.2 cm³/mol. The Kier molecular flexibility index (Phi) is 4.46. The molecule has 3 rings (SSSR count). The van der Waals surface area contributed by atoms with Crippen molar-refractivity contribution in [2.24, 2.45) is 0 Å². The van der Waals surface area contributed by atoms with Crippen LogP contribution in [0.3, 0.4) is 0 Å². The normalized spacial score (nSPS) is 29.3. The van der Waals surface area contributed by atoms with Crippen molar-refractivity contribution in [2.75, 3.05) is 25.4 Å². The number of thioether (sulfide) groups is 1. The minimum absolute atomic E-state index is 0.0428. The van der Waals surface area contributed by atoms with Crippen LogP contribution in [0, 0.1) is 6.92 Å². The SMILES string of the molecule is Cc1nc(SCC(=O)N[C@@H]2C[C@H]3CO[C@@H](C)CN3C2)n[nH]1. The number of fused-ring (bicyclic) bond motifs is 1. The number of carbonyl (C=O) groups is 1. The Hall–Kier alpha value is -1.12. The zero-order valence-electron chi connectivity index (χ0n) is 12.3. The maximum Gasteiger partial charge on any atom is 0.230 e. The van der Waals surface area contributed by atoms with E-state index >= 15 is 0 Å². The molecule has 0 aromatic carbocycles. The maximum atomic E-state index is 12.0. The van der Waals surface area contributed by atoms with Gasteiger partial charge in [0.2, 0.25) is 11.1 Å². The number of aromatic nitrogens is 3. The van der Waals surface area contributed by atoms with Crippen molar-refractivity contribution in [3.63, 3.8) is 0 Å². The summed E-state index contributed by atoms with van der Waals surface area (Å²) in [7, 11) is 0. The van der Waals surface area contributed by atoms with Gasteiger partial charge in [0.25, 0.3) is 0 Å². The molecule has 0 unspecified atom stereocenters. The van der Waals surface area contributed by atoms with Crippen LogP contribution in [-0.4, -0.2) is 69.6 Å². The van der Waals surface area contributed by atoms with Crippen LogP contribution in [0.25, 0.3) is 0 Å². The molecule has 2 fully saturated rings. The third-order valence-electron chi connectivity index (χ3n) is 3.87. The summed E-state index contributed by atoms with van der Waals surface area (Å²) in [5.41, 5.74) is 0. The first-order valence-electron chi connectivity index (χ1n) is 7.27. The molecule has 8 heteroatoms. The molecular weight excluding hydrogens is 290 g/mol. The van der Waals surface area contributed by atoms with Crippen molar-refractivity contribution in [1.29, 1.82) is 0 Å². The fourth-order valence-corrected chi connectivity index (χ4v) is 3.59. The molecule has 0 aliphatic carbocycles. The van der Waals surface area contributed by atoms with Crippen LogP contribution in [-0.2, 0) is 9.53 Å². The molecule has 1 aromatic heterocycles. The second kappa shape index (κ2) is 6.33. The van der Waals surface area contributed by atoms with Crippen molar-refractivity contribution < 1.29 is 9.53 Å². The van der Waals surface area contributed by atoms with Crippen molar-refractivity contribution in [1.82, 2.24) is 25.4 Å². The second-order valence-corrected chi connectivity index (χ2v) is 6.69. The Morgan fingerprint density at radius 2 is 2.43 bits per heavy atom. The number of morpholine rings is 1. The monoisotopic (exact) mass is 311 g/mol. The van der Waals surface area contributed by atoms with E-state index in [2.05, 4.69) is 32.3 Å².